The van der Waals surface area contributed by atoms with Crippen molar-refractivity contribution in [3.63, 3.8) is 0 Å². The molecule has 1 atom stereocenters. The number of anilines is 1. The Bertz CT molecular complexity index is 510. The summed E-state index contributed by atoms with van der Waals surface area (Å²) in [6.45, 7) is 1.98. The Morgan fingerprint density at radius 1 is 1.41 bits per heavy atom. The Morgan fingerprint density at radius 3 is 2.71 bits per heavy atom. The van der Waals surface area contributed by atoms with Crippen LogP contribution in [-0.4, -0.2) is 33.1 Å². The number of hydrogen-bond donors (Lipinski definition) is 1. The lowest BCUT2D eigenvalue weighted by molar-refractivity contribution is 0.414. The van der Waals surface area contributed by atoms with Crippen LogP contribution in [0.25, 0.3) is 0 Å². The van der Waals surface area contributed by atoms with E-state index >= 15 is 0 Å². The first-order valence-corrected chi connectivity index (χ1v) is 7.44. The molecule has 1 unspecified atom stereocenters. The largest absolute Gasteiger partial charge is 0.497 e. The first-order chi connectivity index (χ1) is 8.00. The van der Waals surface area contributed by atoms with Gasteiger partial charge in [0.1, 0.15) is 5.75 Å². The van der Waals surface area contributed by atoms with Crippen molar-refractivity contribution in [1.29, 1.82) is 0 Å². The number of aryl methyl sites for hydroxylation is 1. The molecule has 0 bridgehead atoms. The molecule has 1 aliphatic rings. The number of ether oxygens (including phenoxy) is 1. The normalized spacial score (nSPS) is 22.4. The fraction of sp³-hybridized carbons (Fsp3) is 0.500. The van der Waals surface area contributed by atoms with E-state index in [1.807, 2.05) is 25.1 Å². The third-order valence-corrected chi connectivity index (χ3v) is 4.79. The van der Waals surface area contributed by atoms with Gasteiger partial charge in [-0.15, -0.1) is 0 Å². The van der Waals surface area contributed by atoms with Crippen molar-refractivity contribution in [1.82, 2.24) is 0 Å². The molecular formula is C12H17NO3S. The summed E-state index contributed by atoms with van der Waals surface area (Å²) >= 11 is 0. The quantitative estimate of drug-likeness (QED) is 0.891. The van der Waals surface area contributed by atoms with Crippen LogP contribution in [0, 0.1) is 6.92 Å². The molecule has 1 aliphatic heterocycles. The average Bonchev–Trinajstić information content (AvgIpc) is 2.61. The maximum atomic E-state index is 11.4. The van der Waals surface area contributed by atoms with Gasteiger partial charge >= 0.3 is 0 Å². The fourth-order valence-corrected chi connectivity index (χ4v) is 3.73. The minimum absolute atomic E-state index is 0.0343. The van der Waals surface area contributed by atoms with Crippen molar-refractivity contribution < 1.29 is 13.2 Å². The molecule has 1 fully saturated rings. The molecule has 5 heteroatoms. The first-order valence-electron chi connectivity index (χ1n) is 5.62. The molecule has 1 heterocycles. The zero-order valence-corrected chi connectivity index (χ0v) is 10.9. The van der Waals surface area contributed by atoms with Gasteiger partial charge in [0.25, 0.3) is 0 Å². The Kier molecular flexibility index (Phi) is 3.28. The van der Waals surface area contributed by atoms with Crippen LogP contribution in [0.2, 0.25) is 0 Å². The van der Waals surface area contributed by atoms with Gasteiger partial charge in [0.15, 0.2) is 9.84 Å². The Balaban J connectivity index is 2.09. The van der Waals surface area contributed by atoms with Gasteiger partial charge in [0.2, 0.25) is 0 Å². The van der Waals surface area contributed by atoms with E-state index in [0.717, 1.165) is 17.0 Å². The second kappa shape index (κ2) is 4.56. The molecule has 94 valence electrons. The minimum Gasteiger partial charge on any atom is -0.497 e. The summed E-state index contributed by atoms with van der Waals surface area (Å²) in [5.74, 6) is 1.34. The summed E-state index contributed by atoms with van der Waals surface area (Å²) in [4.78, 5) is 0. The van der Waals surface area contributed by atoms with Crippen LogP contribution < -0.4 is 10.1 Å². The van der Waals surface area contributed by atoms with Crippen molar-refractivity contribution in [2.24, 2.45) is 0 Å². The number of nitrogens with one attached hydrogen (secondary N) is 1. The zero-order chi connectivity index (χ0) is 12.5. The van der Waals surface area contributed by atoms with E-state index in [1.165, 1.54) is 0 Å². The van der Waals surface area contributed by atoms with Gasteiger partial charge in [-0.05, 0) is 37.1 Å². The highest BCUT2D eigenvalue weighted by Crippen LogP contribution is 2.24. The lowest BCUT2D eigenvalue weighted by Gasteiger charge is -2.15. The molecule has 0 saturated carbocycles. The highest BCUT2D eigenvalue weighted by molar-refractivity contribution is 7.91. The highest BCUT2D eigenvalue weighted by Gasteiger charge is 2.27. The third-order valence-electron chi connectivity index (χ3n) is 3.03. The lowest BCUT2D eigenvalue weighted by atomic mass is 10.1. The molecule has 0 amide bonds. The number of methoxy groups -OCH3 is 1. The Morgan fingerprint density at radius 2 is 2.18 bits per heavy atom. The maximum Gasteiger partial charge on any atom is 0.152 e. The van der Waals surface area contributed by atoms with Crippen molar-refractivity contribution in [3.05, 3.63) is 23.8 Å². The van der Waals surface area contributed by atoms with Crippen LogP contribution >= 0.6 is 0 Å². The van der Waals surface area contributed by atoms with E-state index in [2.05, 4.69) is 5.32 Å². The number of rotatable bonds is 3. The van der Waals surface area contributed by atoms with Crippen LogP contribution in [-0.2, 0) is 9.84 Å². The van der Waals surface area contributed by atoms with Gasteiger partial charge in [0.05, 0.1) is 18.6 Å². The van der Waals surface area contributed by atoms with Crippen molar-refractivity contribution >= 4 is 15.5 Å². The van der Waals surface area contributed by atoms with Crippen molar-refractivity contribution in [2.75, 3.05) is 23.9 Å². The summed E-state index contributed by atoms with van der Waals surface area (Å²) in [6.07, 6.45) is 0.688. The number of benzene rings is 1. The van der Waals surface area contributed by atoms with E-state index in [-0.39, 0.29) is 11.8 Å². The van der Waals surface area contributed by atoms with E-state index in [4.69, 9.17) is 4.74 Å². The van der Waals surface area contributed by atoms with Gasteiger partial charge in [-0.1, -0.05) is 0 Å². The lowest BCUT2D eigenvalue weighted by Crippen LogP contribution is -2.21. The molecule has 1 aromatic carbocycles. The monoisotopic (exact) mass is 255 g/mol. The Hall–Kier alpha value is -1.23. The predicted octanol–water partition coefficient (Wildman–Crippen LogP) is 1.60. The predicted molar refractivity (Wildman–Crippen MR) is 68.4 cm³/mol. The standard InChI is InChI=1S/C12H17NO3S/c1-9-7-11(16-2)3-4-12(9)13-10-5-6-17(14,15)8-10/h3-4,7,10,13H,5-6,8H2,1-2H3. The summed E-state index contributed by atoms with van der Waals surface area (Å²) < 4.78 is 27.8. The smallest absolute Gasteiger partial charge is 0.152 e. The minimum atomic E-state index is -2.83. The Labute approximate surface area is 102 Å². The molecule has 0 aliphatic carbocycles. The van der Waals surface area contributed by atoms with Crippen LogP contribution in [0.5, 0.6) is 5.75 Å². The number of sulfone groups is 1. The zero-order valence-electron chi connectivity index (χ0n) is 10.1. The second-order valence-corrected chi connectivity index (χ2v) is 6.65. The van der Waals surface area contributed by atoms with Crippen LogP contribution in [0.1, 0.15) is 12.0 Å². The summed E-state index contributed by atoms with van der Waals surface area (Å²) in [5, 5.41) is 3.28. The molecule has 0 radical (unpaired) electrons. The van der Waals surface area contributed by atoms with Crippen molar-refractivity contribution in [2.45, 2.75) is 19.4 Å². The highest BCUT2D eigenvalue weighted by atomic mass is 32.2. The maximum absolute atomic E-state index is 11.4. The van der Waals surface area contributed by atoms with Crippen LogP contribution in [0.15, 0.2) is 18.2 Å². The molecule has 4 nitrogen and oxygen atoms in total. The topological polar surface area (TPSA) is 55.4 Å². The van der Waals surface area contributed by atoms with Gasteiger partial charge in [-0.2, -0.15) is 0 Å². The summed E-state index contributed by atoms with van der Waals surface area (Å²) in [6, 6.07) is 5.77. The van der Waals surface area contributed by atoms with Gasteiger partial charge in [-0.3, -0.25) is 0 Å². The van der Waals surface area contributed by atoms with Crippen molar-refractivity contribution in [3.8, 4) is 5.75 Å². The molecule has 0 spiro atoms. The van der Waals surface area contributed by atoms with Crippen LogP contribution in [0.4, 0.5) is 5.69 Å². The van der Waals surface area contributed by atoms with E-state index in [0.29, 0.717) is 12.2 Å². The summed E-state index contributed by atoms with van der Waals surface area (Å²) in [7, 11) is -1.20. The molecule has 17 heavy (non-hydrogen) atoms. The van der Waals surface area contributed by atoms with E-state index in [9.17, 15) is 8.42 Å². The molecule has 1 saturated heterocycles. The van der Waals surface area contributed by atoms with E-state index in [1.54, 1.807) is 7.11 Å². The van der Waals surface area contributed by atoms with E-state index < -0.39 is 9.84 Å². The van der Waals surface area contributed by atoms with Gasteiger partial charge < -0.3 is 10.1 Å². The molecular weight excluding hydrogens is 238 g/mol. The number of hydrogen-bond acceptors (Lipinski definition) is 4. The molecule has 1 aromatic rings. The SMILES string of the molecule is COc1ccc(NC2CCS(=O)(=O)C2)c(C)c1. The molecule has 0 aromatic heterocycles. The van der Waals surface area contributed by atoms with Crippen LogP contribution in [0.3, 0.4) is 0 Å². The summed E-state index contributed by atoms with van der Waals surface area (Å²) in [5.41, 5.74) is 2.04. The first kappa shape index (κ1) is 12.2. The van der Waals surface area contributed by atoms with Gasteiger partial charge in [-0.25, -0.2) is 8.42 Å². The molecule has 2 rings (SSSR count). The fourth-order valence-electron chi connectivity index (χ4n) is 2.05. The second-order valence-electron chi connectivity index (χ2n) is 4.43. The average molecular weight is 255 g/mol. The molecule has 1 N–H and O–H groups in total. The van der Waals surface area contributed by atoms with Gasteiger partial charge in [0, 0.05) is 11.7 Å². The third kappa shape index (κ3) is 2.91.